The van der Waals surface area contributed by atoms with Gasteiger partial charge in [0, 0.05) is 17.6 Å². The van der Waals surface area contributed by atoms with E-state index in [-0.39, 0.29) is 5.91 Å². The Balaban J connectivity index is 1.66. The number of para-hydroxylation sites is 3. The van der Waals surface area contributed by atoms with Gasteiger partial charge in [0.25, 0.3) is 5.91 Å². The van der Waals surface area contributed by atoms with Gasteiger partial charge in [-0.05, 0) is 37.1 Å². The van der Waals surface area contributed by atoms with E-state index in [2.05, 4.69) is 39.5 Å². The number of carbonyl (C=O) groups excluding carboxylic acids is 1. The molecule has 2 heterocycles. The van der Waals surface area contributed by atoms with Gasteiger partial charge in [-0.25, -0.2) is 4.98 Å². The first kappa shape index (κ1) is 14.9. The lowest BCUT2D eigenvalue weighted by molar-refractivity contribution is 0.102. The first-order chi connectivity index (χ1) is 11.7. The molecule has 0 bridgehead atoms. The minimum Gasteiger partial charge on any atom is -0.339 e. The summed E-state index contributed by atoms with van der Waals surface area (Å²) in [5, 5.41) is 5.69. The van der Waals surface area contributed by atoms with Crippen LogP contribution in [0, 0.1) is 6.92 Å². The molecule has 4 rings (SSSR count). The van der Waals surface area contributed by atoms with Gasteiger partial charge in [-0.2, -0.15) is 0 Å². The molecule has 4 nitrogen and oxygen atoms in total. The highest BCUT2D eigenvalue weighted by Crippen LogP contribution is 2.38. The Morgan fingerprint density at radius 3 is 2.67 bits per heavy atom. The third-order valence-corrected chi connectivity index (χ3v) is 4.96. The average Bonchev–Trinajstić information content (AvgIpc) is 3.22. The Labute approximate surface area is 144 Å². The molecule has 0 saturated carbocycles. The van der Waals surface area contributed by atoms with Gasteiger partial charge in [0.1, 0.15) is 5.69 Å². The van der Waals surface area contributed by atoms with Crippen LogP contribution in [-0.4, -0.2) is 17.4 Å². The van der Waals surface area contributed by atoms with Gasteiger partial charge in [-0.1, -0.05) is 30.3 Å². The van der Waals surface area contributed by atoms with Crippen LogP contribution < -0.4 is 10.2 Å². The summed E-state index contributed by atoms with van der Waals surface area (Å²) in [7, 11) is 0. The van der Waals surface area contributed by atoms with Crippen molar-refractivity contribution in [3.05, 3.63) is 70.2 Å². The van der Waals surface area contributed by atoms with Gasteiger partial charge < -0.3 is 10.2 Å². The average molecular weight is 335 g/mol. The first-order valence-corrected chi connectivity index (χ1v) is 8.78. The molecule has 0 saturated heterocycles. The summed E-state index contributed by atoms with van der Waals surface area (Å²) < 4.78 is 0. The van der Waals surface area contributed by atoms with Crippen molar-refractivity contribution in [3.63, 3.8) is 0 Å². The monoisotopic (exact) mass is 335 g/mol. The van der Waals surface area contributed by atoms with E-state index in [0.717, 1.165) is 29.3 Å². The molecule has 5 heteroatoms. The lowest BCUT2D eigenvalue weighted by atomic mass is 10.1. The molecule has 0 atom stereocenters. The van der Waals surface area contributed by atoms with Gasteiger partial charge in [0.05, 0.1) is 16.4 Å². The summed E-state index contributed by atoms with van der Waals surface area (Å²) in [6.45, 7) is 2.82. The van der Waals surface area contributed by atoms with Crippen LogP contribution >= 0.6 is 11.3 Å². The Hall–Kier alpha value is -2.66. The number of benzene rings is 2. The maximum Gasteiger partial charge on any atom is 0.275 e. The molecule has 24 heavy (non-hydrogen) atoms. The van der Waals surface area contributed by atoms with Crippen molar-refractivity contribution in [3.8, 4) is 0 Å². The molecular formula is C19H17N3OS. The molecule has 1 amide bonds. The van der Waals surface area contributed by atoms with E-state index in [4.69, 9.17) is 0 Å². The van der Waals surface area contributed by atoms with Crippen molar-refractivity contribution in [2.45, 2.75) is 13.3 Å². The van der Waals surface area contributed by atoms with E-state index in [0.29, 0.717) is 5.69 Å². The van der Waals surface area contributed by atoms with Gasteiger partial charge in [0.2, 0.25) is 0 Å². The Kier molecular flexibility index (Phi) is 3.78. The fourth-order valence-corrected chi connectivity index (χ4v) is 3.65. The molecule has 1 aliphatic heterocycles. The standard InChI is InChI=1S/C19H17N3OS/c1-13-20-16(12-24-13)19(23)21-15-7-3-5-9-18(15)22-11-10-14-6-2-4-8-17(14)22/h2-9,12H,10-11H2,1H3,(H,21,23). The molecule has 0 radical (unpaired) electrons. The van der Waals surface area contributed by atoms with Crippen molar-refractivity contribution in [2.24, 2.45) is 0 Å². The summed E-state index contributed by atoms with van der Waals surface area (Å²) in [5.74, 6) is -0.167. The maximum atomic E-state index is 12.5. The Bertz CT molecular complexity index is 903. The molecule has 120 valence electrons. The number of hydrogen-bond acceptors (Lipinski definition) is 4. The van der Waals surface area contributed by atoms with Gasteiger partial charge in [-0.3, -0.25) is 4.79 Å². The van der Waals surface area contributed by atoms with Crippen LogP contribution in [0.3, 0.4) is 0 Å². The van der Waals surface area contributed by atoms with Gasteiger partial charge >= 0.3 is 0 Å². The molecule has 3 aromatic rings. The number of carbonyl (C=O) groups is 1. The Morgan fingerprint density at radius 2 is 1.88 bits per heavy atom. The van der Waals surface area contributed by atoms with Crippen LogP contribution in [0.5, 0.6) is 0 Å². The van der Waals surface area contributed by atoms with Crippen LogP contribution in [0.2, 0.25) is 0 Å². The quantitative estimate of drug-likeness (QED) is 0.772. The molecular weight excluding hydrogens is 318 g/mol. The van der Waals surface area contributed by atoms with Gasteiger partial charge in [0.15, 0.2) is 0 Å². The van der Waals surface area contributed by atoms with Crippen molar-refractivity contribution in [1.82, 2.24) is 4.98 Å². The third kappa shape index (κ3) is 2.67. The predicted octanol–water partition coefficient (Wildman–Crippen LogP) is 4.40. The van der Waals surface area contributed by atoms with E-state index in [1.165, 1.54) is 22.6 Å². The normalized spacial score (nSPS) is 13.0. The van der Waals surface area contributed by atoms with Crippen LogP contribution in [0.25, 0.3) is 0 Å². The lowest BCUT2D eigenvalue weighted by Crippen LogP contribution is -2.18. The van der Waals surface area contributed by atoms with Crippen molar-refractivity contribution in [2.75, 3.05) is 16.8 Å². The molecule has 2 aromatic carbocycles. The maximum absolute atomic E-state index is 12.5. The second kappa shape index (κ2) is 6.09. The second-order valence-corrected chi connectivity index (χ2v) is 6.82. The number of amides is 1. The summed E-state index contributed by atoms with van der Waals surface area (Å²) in [5.41, 5.74) is 4.85. The number of anilines is 3. The lowest BCUT2D eigenvalue weighted by Gasteiger charge is -2.22. The summed E-state index contributed by atoms with van der Waals surface area (Å²) in [6, 6.07) is 16.3. The highest BCUT2D eigenvalue weighted by atomic mass is 32.1. The molecule has 0 spiro atoms. The molecule has 1 aliphatic rings. The molecule has 0 fully saturated rings. The number of nitrogens with one attached hydrogen (secondary N) is 1. The Morgan fingerprint density at radius 1 is 1.12 bits per heavy atom. The van der Waals surface area contributed by atoms with E-state index in [1.54, 1.807) is 5.38 Å². The fraction of sp³-hybridized carbons (Fsp3) is 0.158. The zero-order valence-electron chi connectivity index (χ0n) is 13.3. The fourth-order valence-electron chi connectivity index (χ4n) is 3.06. The SMILES string of the molecule is Cc1nc(C(=O)Nc2ccccc2N2CCc3ccccc32)cs1. The summed E-state index contributed by atoms with van der Waals surface area (Å²) in [6.07, 6.45) is 1.02. The van der Waals surface area contributed by atoms with E-state index >= 15 is 0 Å². The zero-order valence-corrected chi connectivity index (χ0v) is 14.1. The zero-order chi connectivity index (χ0) is 16.5. The first-order valence-electron chi connectivity index (χ1n) is 7.90. The number of fused-ring (bicyclic) bond motifs is 1. The van der Waals surface area contributed by atoms with E-state index in [1.807, 2.05) is 31.2 Å². The number of nitrogens with zero attached hydrogens (tertiary/aromatic N) is 2. The van der Waals surface area contributed by atoms with Crippen molar-refractivity contribution < 1.29 is 4.79 Å². The largest absolute Gasteiger partial charge is 0.339 e. The van der Waals surface area contributed by atoms with Crippen LogP contribution in [0.15, 0.2) is 53.9 Å². The minimum absolute atomic E-state index is 0.167. The smallest absolute Gasteiger partial charge is 0.275 e. The second-order valence-electron chi connectivity index (χ2n) is 5.75. The third-order valence-electron chi connectivity index (χ3n) is 4.18. The molecule has 1 aromatic heterocycles. The number of rotatable bonds is 3. The molecule has 1 N–H and O–H groups in total. The van der Waals surface area contributed by atoms with Crippen LogP contribution in [0.1, 0.15) is 21.1 Å². The summed E-state index contributed by atoms with van der Waals surface area (Å²) >= 11 is 1.48. The van der Waals surface area contributed by atoms with Crippen LogP contribution in [0.4, 0.5) is 17.1 Å². The minimum atomic E-state index is -0.167. The highest BCUT2D eigenvalue weighted by molar-refractivity contribution is 7.09. The number of thiazole rings is 1. The highest BCUT2D eigenvalue weighted by Gasteiger charge is 2.22. The van der Waals surface area contributed by atoms with Crippen LogP contribution in [-0.2, 0) is 6.42 Å². The predicted molar refractivity (Wildman–Crippen MR) is 98.4 cm³/mol. The molecule has 0 aliphatic carbocycles. The number of aryl methyl sites for hydroxylation is 1. The van der Waals surface area contributed by atoms with Gasteiger partial charge in [-0.15, -0.1) is 11.3 Å². The topological polar surface area (TPSA) is 45.2 Å². The summed E-state index contributed by atoms with van der Waals surface area (Å²) in [4.78, 5) is 19.0. The van der Waals surface area contributed by atoms with Crippen molar-refractivity contribution in [1.29, 1.82) is 0 Å². The van der Waals surface area contributed by atoms with E-state index < -0.39 is 0 Å². The molecule has 0 unspecified atom stereocenters. The van der Waals surface area contributed by atoms with E-state index in [9.17, 15) is 4.79 Å². The number of aromatic nitrogens is 1. The van der Waals surface area contributed by atoms with Crippen molar-refractivity contribution >= 4 is 34.3 Å². The number of hydrogen-bond donors (Lipinski definition) is 1.